The molecule has 0 amide bonds. The summed E-state index contributed by atoms with van der Waals surface area (Å²) in [6.45, 7) is 11.8. The Balaban J connectivity index is 2.38. The van der Waals surface area contributed by atoms with Gasteiger partial charge in [0, 0.05) is 30.5 Å². The smallest absolute Gasteiger partial charge is 0.0593 e. The lowest BCUT2D eigenvalue weighted by Crippen LogP contribution is -2.26. The van der Waals surface area contributed by atoms with Crippen molar-refractivity contribution in [2.75, 3.05) is 40.4 Å². The first-order chi connectivity index (χ1) is 9.41. The van der Waals surface area contributed by atoms with E-state index in [1.807, 2.05) is 6.92 Å². The van der Waals surface area contributed by atoms with Gasteiger partial charge in [-0.25, -0.2) is 0 Å². The van der Waals surface area contributed by atoms with Crippen molar-refractivity contribution < 1.29 is 4.74 Å². The number of ether oxygens (including phenoxy) is 1. The number of nitrogens with zero attached hydrogens (tertiary/aromatic N) is 2. The number of rotatable bonds is 8. The van der Waals surface area contributed by atoms with Crippen molar-refractivity contribution in [1.29, 1.82) is 0 Å². The standard InChI is InChI=1S/C16H29N3O/c1-12-11-13(2)18-15(4)16(12)14(3)17-7-9-20-10-8-19(5)6/h11,14,17H,7-10H2,1-6H3. The fourth-order valence-corrected chi connectivity index (χ4v) is 2.49. The lowest BCUT2D eigenvalue weighted by Gasteiger charge is -2.19. The van der Waals surface area contributed by atoms with E-state index in [1.165, 1.54) is 11.1 Å². The average molecular weight is 279 g/mol. The molecular formula is C16H29N3O. The van der Waals surface area contributed by atoms with Crippen LogP contribution in [0.2, 0.25) is 0 Å². The SMILES string of the molecule is Cc1cc(C)c(C(C)NCCOCCN(C)C)c(C)n1. The van der Waals surface area contributed by atoms with Crippen molar-refractivity contribution in [1.82, 2.24) is 15.2 Å². The van der Waals surface area contributed by atoms with Gasteiger partial charge in [-0.1, -0.05) is 0 Å². The van der Waals surface area contributed by atoms with Crippen molar-refractivity contribution in [2.24, 2.45) is 0 Å². The third kappa shape index (κ3) is 5.57. The Morgan fingerprint density at radius 2 is 1.95 bits per heavy atom. The first kappa shape index (κ1) is 17.1. The largest absolute Gasteiger partial charge is 0.379 e. The second-order valence-electron chi connectivity index (χ2n) is 5.67. The van der Waals surface area contributed by atoms with Crippen LogP contribution in [0.4, 0.5) is 0 Å². The van der Waals surface area contributed by atoms with Crippen LogP contribution in [-0.4, -0.2) is 50.3 Å². The number of hydrogen-bond donors (Lipinski definition) is 1. The lowest BCUT2D eigenvalue weighted by atomic mass is 10.0. The minimum Gasteiger partial charge on any atom is -0.379 e. The Labute approximate surface area is 123 Å². The Morgan fingerprint density at radius 1 is 1.25 bits per heavy atom. The molecule has 0 aliphatic rings. The van der Waals surface area contributed by atoms with Crippen LogP contribution >= 0.6 is 0 Å². The summed E-state index contributed by atoms with van der Waals surface area (Å²) in [5.41, 5.74) is 4.83. The maximum atomic E-state index is 5.59. The Hall–Kier alpha value is -0.970. The van der Waals surface area contributed by atoms with Crippen LogP contribution < -0.4 is 5.32 Å². The average Bonchev–Trinajstić information content (AvgIpc) is 2.31. The van der Waals surface area contributed by atoms with Gasteiger partial charge in [0.15, 0.2) is 0 Å². The van der Waals surface area contributed by atoms with Crippen molar-refractivity contribution in [3.63, 3.8) is 0 Å². The van der Waals surface area contributed by atoms with Crippen LogP contribution in [0.3, 0.4) is 0 Å². The van der Waals surface area contributed by atoms with Gasteiger partial charge in [-0.05, 0) is 59.0 Å². The molecule has 4 heteroatoms. The molecule has 0 aliphatic carbocycles. The van der Waals surface area contributed by atoms with E-state index in [1.54, 1.807) is 0 Å². The molecule has 1 rings (SSSR count). The number of hydrogen-bond acceptors (Lipinski definition) is 4. The van der Waals surface area contributed by atoms with Crippen LogP contribution in [0.5, 0.6) is 0 Å². The predicted octanol–water partition coefficient (Wildman–Crippen LogP) is 2.24. The highest BCUT2D eigenvalue weighted by Gasteiger charge is 2.12. The van der Waals surface area contributed by atoms with Crippen molar-refractivity contribution in [3.8, 4) is 0 Å². The zero-order chi connectivity index (χ0) is 15.1. The highest BCUT2D eigenvalue weighted by molar-refractivity contribution is 5.33. The van der Waals surface area contributed by atoms with Gasteiger partial charge in [0.2, 0.25) is 0 Å². The van der Waals surface area contributed by atoms with E-state index in [4.69, 9.17) is 4.74 Å². The van der Waals surface area contributed by atoms with E-state index in [0.29, 0.717) is 6.04 Å². The number of aryl methyl sites for hydroxylation is 3. The van der Waals surface area contributed by atoms with Gasteiger partial charge in [0.25, 0.3) is 0 Å². The van der Waals surface area contributed by atoms with Gasteiger partial charge in [-0.2, -0.15) is 0 Å². The maximum absolute atomic E-state index is 5.59. The minimum atomic E-state index is 0.306. The number of pyridine rings is 1. The van der Waals surface area contributed by atoms with Crippen LogP contribution in [0.15, 0.2) is 6.07 Å². The number of nitrogens with one attached hydrogen (secondary N) is 1. The summed E-state index contributed by atoms with van der Waals surface area (Å²) in [7, 11) is 4.11. The van der Waals surface area contributed by atoms with Gasteiger partial charge in [0.1, 0.15) is 0 Å². The molecule has 1 N–H and O–H groups in total. The summed E-state index contributed by atoms with van der Waals surface area (Å²) in [6, 6.07) is 2.45. The van der Waals surface area contributed by atoms with Gasteiger partial charge in [0.05, 0.1) is 13.2 Å². The molecule has 0 saturated carbocycles. The predicted molar refractivity (Wildman–Crippen MR) is 84.2 cm³/mol. The molecule has 0 spiro atoms. The second-order valence-corrected chi connectivity index (χ2v) is 5.67. The summed E-state index contributed by atoms with van der Waals surface area (Å²) in [4.78, 5) is 6.68. The van der Waals surface area contributed by atoms with E-state index in [0.717, 1.165) is 37.7 Å². The van der Waals surface area contributed by atoms with Gasteiger partial charge in [-0.15, -0.1) is 0 Å². The van der Waals surface area contributed by atoms with Crippen LogP contribution in [0, 0.1) is 20.8 Å². The van der Waals surface area contributed by atoms with Crippen LogP contribution in [0.1, 0.15) is 35.5 Å². The third-order valence-corrected chi connectivity index (χ3v) is 3.40. The summed E-state index contributed by atoms with van der Waals surface area (Å²) < 4.78 is 5.59. The lowest BCUT2D eigenvalue weighted by molar-refractivity contribution is 0.118. The Bertz CT molecular complexity index is 395. The molecule has 0 radical (unpaired) electrons. The minimum absolute atomic E-state index is 0.306. The van der Waals surface area contributed by atoms with Crippen molar-refractivity contribution in [2.45, 2.75) is 33.7 Å². The maximum Gasteiger partial charge on any atom is 0.0593 e. The summed E-state index contributed by atoms with van der Waals surface area (Å²) >= 11 is 0. The number of likely N-dealkylation sites (N-methyl/N-ethyl adjacent to an activating group) is 1. The molecule has 1 unspecified atom stereocenters. The first-order valence-electron chi connectivity index (χ1n) is 7.32. The molecule has 4 nitrogen and oxygen atoms in total. The van der Waals surface area contributed by atoms with Gasteiger partial charge in [-0.3, -0.25) is 4.98 Å². The fourth-order valence-electron chi connectivity index (χ4n) is 2.49. The molecule has 20 heavy (non-hydrogen) atoms. The van der Waals surface area contributed by atoms with E-state index in [2.05, 4.69) is 56.1 Å². The molecule has 1 heterocycles. The number of aromatic nitrogens is 1. The molecule has 114 valence electrons. The van der Waals surface area contributed by atoms with E-state index >= 15 is 0 Å². The van der Waals surface area contributed by atoms with Crippen molar-refractivity contribution in [3.05, 3.63) is 28.6 Å². The summed E-state index contributed by atoms with van der Waals surface area (Å²) in [5.74, 6) is 0. The van der Waals surface area contributed by atoms with Crippen molar-refractivity contribution >= 4 is 0 Å². The molecule has 0 saturated heterocycles. The second kappa shape index (κ2) is 8.35. The highest BCUT2D eigenvalue weighted by atomic mass is 16.5. The molecule has 0 aliphatic heterocycles. The molecule has 1 atom stereocenters. The summed E-state index contributed by atoms with van der Waals surface area (Å²) in [5, 5.41) is 3.51. The monoisotopic (exact) mass is 279 g/mol. The van der Waals surface area contributed by atoms with Crippen LogP contribution in [-0.2, 0) is 4.74 Å². The van der Waals surface area contributed by atoms with Gasteiger partial charge < -0.3 is 15.0 Å². The fraction of sp³-hybridized carbons (Fsp3) is 0.688. The molecule has 1 aromatic rings. The van der Waals surface area contributed by atoms with Gasteiger partial charge >= 0.3 is 0 Å². The Kier molecular flexibility index (Phi) is 7.13. The summed E-state index contributed by atoms with van der Waals surface area (Å²) in [6.07, 6.45) is 0. The van der Waals surface area contributed by atoms with E-state index < -0.39 is 0 Å². The normalized spacial score (nSPS) is 12.9. The van der Waals surface area contributed by atoms with Crippen LogP contribution in [0.25, 0.3) is 0 Å². The molecule has 0 bridgehead atoms. The quantitative estimate of drug-likeness (QED) is 0.741. The topological polar surface area (TPSA) is 37.4 Å². The Morgan fingerprint density at radius 3 is 2.55 bits per heavy atom. The van der Waals surface area contributed by atoms with E-state index in [9.17, 15) is 0 Å². The molecular weight excluding hydrogens is 250 g/mol. The third-order valence-electron chi connectivity index (χ3n) is 3.40. The van der Waals surface area contributed by atoms with E-state index in [-0.39, 0.29) is 0 Å². The zero-order valence-electron chi connectivity index (χ0n) is 13.8. The first-order valence-corrected chi connectivity index (χ1v) is 7.32. The molecule has 0 fully saturated rings. The molecule has 1 aromatic heterocycles. The molecule has 0 aromatic carbocycles. The highest BCUT2D eigenvalue weighted by Crippen LogP contribution is 2.20. The zero-order valence-corrected chi connectivity index (χ0v) is 13.8.